The van der Waals surface area contributed by atoms with Gasteiger partial charge in [0.2, 0.25) is 0 Å². The number of anilines is 1. The zero-order valence-corrected chi connectivity index (χ0v) is 12.5. The fourth-order valence-corrected chi connectivity index (χ4v) is 1.82. The van der Waals surface area contributed by atoms with Crippen LogP contribution >= 0.6 is 0 Å². The highest BCUT2D eigenvalue weighted by molar-refractivity contribution is 5.92. The highest BCUT2D eigenvalue weighted by Crippen LogP contribution is 2.05. The SMILES string of the molecule is CCCCNc1ccc(C(=O)NCc2ccc(F)cc2)nn1. The van der Waals surface area contributed by atoms with Crippen LogP contribution in [0.3, 0.4) is 0 Å². The Labute approximate surface area is 129 Å². The van der Waals surface area contributed by atoms with Gasteiger partial charge in [-0.05, 0) is 36.2 Å². The Balaban J connectivity index is 1.85. The third kappa shape index (κ3) is 4.80. The number of aromatic nitrogens is 2. The van der Waals surface area contributed by atoms with Crippen molar-refractivity contribution in [2.24, 2.45) is 0 Å². The highest BCUT2D eigenvalue weighted by atomic mass is 19.1. The largest absolute Gasteiger partial charge is 0.369 e. The van der Waals surface area contributed by atoms with Crippen molar-refractivity contribution in [1.82, 2.24) is 15.5 Å². The Morgan fingerprint density at radius 1 is 1.14 bits per heavy atom. The molecule has 2 N–H and O–H groups in total. The lowest BCUT2D eigenvalue weighted by Crippen LogP contribution is -2.24. The van der Waals surface area contributed by atoms with Crippen LogP contribution in [0.2, 0.25) is 0 Å². The first kappa shape index (κ1) is 15.9. The Bertz CT molecular complexity index is 599. The van der Waals surface area contributed by atoms with E-state index in [1.54, 1.807) is 24.3 Å². The average Bonchev–Trinajstić information content (AvgIpc) is 2.55. The van der Waals surface area contributed by atoms with Crippen LogP contribution in [0.1, 0.15) is 35.8 Å². The minimum atomic E-state index is -0.308. The van der Waals surface area contributed by atoms with E-state index in [9.17, 15) is 9.18 Å². The molecule has 6 heteroatoms. The molecule has 1 aromatic heterocycles. The molecule has 0 saturated carbocycles. The molecule has 1 aromatic carbocycles. The minimum absolute atomic E-state index is 0.253. The lowest BCUT2D eigenvalue weighted by atomic mass is 10.2. The van der Waals surface area contributed by atoms with Crippen molar-refractivity contribution >= 4 is 11.7 Å². The minimum Gasteiger partial charge on any atom is -0.369 e. The number of amides is 1. The number of hydrogen-bond acceptors (Lipinski definition) is 4. The fourth-order valence-electron chi connectivity index (χ4n) is 1.82. The second-order valence-electron chi connectivity index (χ2n) is 4.89. The maximum Gasteiger partial charge on any atom is 0.272 e. The van der Waals surface area contributed by atoms with Crippen LogP contribution in [0.4, 0.5) is 10.2 Å². The molecule has 22 heavy (non-hydrogen) atoms. The van der Waals surface area contributed by atoms with Crippen LogP contribution in [-0.2, 0) is 6.54 Å². The molecule has 0 atom stereocenters. The van der Waals surface area contributed by atoms with E-state index in [4.69, 9.17) is 0 Å². The normalized spacial score (nSPS) is 10.3. The fraction of sp³-hybridized carbons (Fsp3) is 0.312. The molecule has 0 aliphatic carbocycles. The van der Waals surface area contributed by atoms with Gasteiger partial charge in [0.05, 0.1) is 0 Å². The molecule has 0 bridgehead atoms. The van der Waals surface area contributed by atoms with Crippen molar-refractivity contribution in [3.8, 4) is 0 Å². The van der Waals surface area contributed by atoms with Crippen LogP contribution in [-0.4, -0.2) is 22.6 Å². The number of nitrogens with zero attached hydrogens (tertiary/aromatic N) is 2. The summed E-state index contributed by atoms with van der Waals surface area (Å²) >= 11 is 0. The van der Waals surface area contributed by atoms with Gasteiger partial charge in [-0.15, -0.1) is 10.2 Å². The summed E-state index contributed by atoms with van der Waals surface area (Å²) in [6.45, 7) is 3.26. The van der Waals surface area contributed by atoms with Crippen molar-refractivity contribution in [3.05, 3.63) is 53.5 Å². The zero-order valence-electron chi connectivity index (χ0n) is 12.5. The summed E-state index contributed by atoms with van der Waals surface area (Å²) in [7, 11) is 0. The van der Waals surface area contributed by atoms with E-state index < -0.39 is 0 Å². The summed E-state index contributed by atoms with van der Waals surface area (Å²) in [5.74, 6) is 0.0487. The summed E-state index contributed by atoms with van der Waals surface area (Å²) in [5, 5.41) is 13.7. The molecule has 0 fully saturated rings. The molecular weight excluding hydrogens is 283 g/mol. The molecule has 2 aromatic rings. The molecule has 0 aliphatic rings. The van der Waals surface area contributed by atoms with Gasteiger partial charge >= 0.3 is 0 Å². The first-order chi connectivity index (χ1) is 10.7. The van der Waals surface area contributed by atoms with Crippen LogP contribution in [0.5, 0.6) is 0 Å². The molecule has 0 unspecified atom stereocenters. The van der Waals surface area contributed by atoms with E-state index in [1.165, 1.54) is 12.1 Å². The summed E-state index contributed by atoms with van der Waals surface area (Å²) in [6.07, 6.45) is 2.16. The molecule has 0 spiro atoms. The van der Waals surface area contributed by atoms with Crippen molar-refractivity contribution < 1.29 is 9.18 Å². The highest BCUT2D eigenvalue weighted by Gasteiger charge is 2.07. The van der Waals surface area contributed by atoms with Gasteiger partial charge < -0.3 is 10.6 Å². The first-order valence-electron chi connectivity index (χ1n) is 7.29. The number of halogens is 1. The van der Waals surface area contributed by atoms with Gasteiger partial charge in [-0.25, -0.2) is 4.39 Å². The molecule has 0 aliphatic heterocycles. The smallest absolute Gasteiger partial charge is 0.272 e. The van der Waals surface area contributed by atoms with E-state index >= 15 is 0 Å². The number of rotatable bonds is 7. The summed E-state index contributed by atoms with van der Waals surface area (Å²) in [5.41, 5.74) is 1.07. The Morgan fingerprint density at radius 3 is 2.55 bits per heavy atom. The summed E-state index contributed by atoms with van der Waals surface area (Å²) in [4.78, 5) is 11.9. The van der Waals surface area contributed by atoms with Gasteiger partial charge in [0.25, 0.3) is 5.91 Å². The maximum atomic E-state index is 12.8. The quantitative estimate of drug-likeness (QED) is 0.772. The number of nitrogens with one attached hydrogen (secondary N) is 2. The Morgan fingerprint density at radius 2 is 1.91 bits per heavy atom. The predicted molar refractivity (Wildman–Crippen MR) is 83.0 cm³/mol. The zero-order chi connectivity index (χ0) is 15.8. The third-order valence-corrected chi connectivity index (χ3v) is 3.10. The van der Waals surface area contributed by atoms with Gasteiger partial charge in [0, 0.05) is 13.1 Å². The number of unbranched alkanes of at least 4 members (excludes halogenated alkanes) is 1. The Kier molecular flexibility index (Phi) is 5.82. The molecular formula is C16H19FN4O. The van der Waals surface area contributed by atoms with Gasteiger partial charge in [-0.1, -0.05) is 25.5 Å². The van der Waals surface area contributed by atoms with Gasteiger partial charge in [0.1, 0.15) is 11.6 Å². The first-order valence-corrected chi connectivity index (χ1v) is 7.29. The number of hydrogen-bond donors (Lipinski definition) is 2. The van der Waals surface area contributed by atoms with Crippen molar-refractivity contribution in [3.63, 3.8) is 0 Å². The monoisotopic (exact) mass is 302 g/mol. The summed E-state index contributed by atoms with van der Waals surface area (Å²) < 4.78 is 12.8. The van der Waals surface area contributed by atoms with Crippen LogP contribution < -0.4 is 10.6 Å². The van der Waals surface area contributed by atoms with Crippen LogP contribution in [0.25, 0.3) is 0 Å². The van der Waals surface area contributed by atoms with Crippen molar-refractivity contribution in [2.75, 3.05) is 11.9 Å². The van der Waals surface area contributed by atoms with E-state index in [2.05, 4.69) is 27.8 Å². The average molecular weight is 302 g/mol. The topological polar surface area (TPSA) is 66.9 Å². The number of carbonyl (C=O) groups is 1. The maximum absolute atomic E-state index is 12.8. The number of carbonyl (C=O) groups excluding carboxylic acids is 1. The van der Waals surface area contributed by atoms with Crippen LogP contribution in [0, 0.1) is 5.82 Å². The molecule has 1 amide bonds. The molecule has 0 radical (unpaired) electrons. The lowest BCUT2D eigenvalue weighted by Gasteiger charge is -2.06. The van der Waals surface area contributed by atoms with Gasteiger partial charge in [0.15, 0.2) is 5.69 Å². The second-order valence-corrected chi connectivity index (χ2v) is 4.89. The van der Waals surface area contributed by atoms with E-state index in [0.717, 1.165) is 24.9 Å². The third-order valence-electron chi connectivity index (χ3n) is 3.10. The predicted octanol–water partition coefficient (Wildman–Crippen LogP) is 2.76. The van der Waals surface area contributed by atoms with Gasteiger partial charge in [-0.2, -0.15) is 0 Å². The molecule has 2 rings (SSSR count). The van der Waals surface area contributed by atoms with E-state index in [-0.39, 0.29) is 17.4 Å². The second kappa shape index (κ2) is 8.07. The van der Waals surface area contributed by atoms with Gasteiger partial charge in [-0.3, -0.25) is 4.79 Å². The van der Waals surface area contributed by atoms with E-state index in [0.29, 0.717) is 12.4 Å². The molecule has 116 valence electrons. The van der Waals surface area contributed by atoms with Crippen LogP contribution in [0.15, 0.2) is 36.4 Å². The lowest BCUT2D eigenvalue weighted by molar-refractivity contribution is 0.0945. The molecule has 1 heterocycles. The number of benzene rings is 1. The Hall–Kier alpha value is -2.50. The van der Waals surface area contributed by atoms with E-state index in [1.807, 2.05) is 0 Å². The van der Waals surface area contributed by atoms with Crippen molar-refractivity contribution in [1.29, 1.82) is 0 Å². The van der Waals surface area contributed by atoms with Crippen molar-refractivity contribution in [2.45, 2.75) is 26.3 Å². The molecule has 0 saturated heterocycles. The standard InChI is InChI=1S/C16H19FN4O/c1-2-3-10-18-15-9-8-14(20-21-15)16(22)19-11-12-4-6-13(17)7-5-12/h4-9H,2-3,10-11H2,1H3,(H,18,21)(H,19,22). The molecule has 5 nitrogen and oxygen atoms in total. The summed E-state index contributed by atoms with van der Waals surface area (Å²) in [6, 6.07) is 9.33.